The number of aliphatic hydroxyl groups is 1. The van der Waals surface area contributed by atoms with E-state index in [0.717, 1.165) is 33.2 Å². The molecule has 10 nitrogen and oxygen atoms in total. The van der Waals surface area contributed by atoms with E-state index < -0.39 is 0 Å². The lowest BCUT2D eigenvalue weighted by molar-refractivity contribution is 0.102. The summed E-state index contributed by atoms with van der Waals surface area (Å²) in [6.07, 6.45) is 4.47. The molecule has 4 heterocycles. The van der Waals surface area contributed by atoms with Crippen LogP contribution in [0.25, 0.3) is 21.9 Å². The summed E-state index contributed by atoms with van der Waals surface area (Å²) in [5.74, 6) is 1.05. The second kappa shape index (κ2) is 8.97. The van der Waals surface area contributed by atoms with Gasteiger partial charge in [0.15, 0.2) is 0 Å². The number of carbonyl (C=O) groups excluding carboxylic acids is 1. The Bertz CT molecular complexity index is 1570. The number of nitrogens with zero attached hydrogens (tertiary/aromatic N) is 4. The molecular formula is C26H26N8O2. The van der Waals surface area contributed by atoms with Gasteiger partial charge in [-0.2, -0.15) is 5.10 Å². The Kier molecular flexibility index (Phi) is 5.49. The molecule has 0 bridgehead atoms. The smallest absolute Gasteiger partial charge is 0.257 e. The van der Waals surface area contributed by atoms with E-state index in [1.54, 1.807) is 12.4 Å². The van der Waals surface area contributed by atoms with Crippen LogP contribution in [0.5, 0.6) is 0 Å². The fourth-order valence-corrected chi connectivity index (χ4v) is 4.60. The van der Waals surface area contributed by atoms with E-state index in [1.807, 2.05) is 49.4 Å². The first-order chi connectivity index (χ1) is 17.5. The number of rotatable bonds is 5. The second-order valence-corrected chi connectivity index (χ2v) is 9.11. The topological polar surface area (TPSA) is 135 Å². The van der Waals surface area contributed by atoms with Crippen molar-refractivity contribution in [2.45, 2.75) is 25.9 Å². The van der Waals surface area contributed by atoms with Crippen LogP contribution >= 0.6 is 0 Å². The average molecular weight is 483 g/mol. The molecule has 0 radical (unpaired) electrons. The van der Waals surface area contributed by atoms with Crippen LogP contribution in [0.15, 0.2) is 54.9 Å². The van der Waals surface area contributed by atoms with E-state index in [9.17, 15) is 9.90 Å². The van der Waals surface area contributed by atoms with Crippen LogP contribution < -0.4 is 15.5 Å². The SMILES string of the molecule is Cc1cccnc1Nc1nc2cc(N3CCC(O)CC3)c(C(=O)Nc3ccc4cn[nH]c4c3)cc2[nH]1. The van der Waals surface area contributed by atoms with Gasteiger partial charge >= 0.3 is 0 Å². The fourth-order valence-electron chi connectivity index (χ4n) is 4.60. The molecule has 0 spiro atoms. The summed E-state index contributed by atoms with van der Waals surface area (Å²) in [4.78, 5) is 28.0. The van der Waals surface area contributed by atoms with Gasteiger partial charge < -0.3 is 25.6 Å². The first-order valence-electron chi connectivity index (χ1n) is 11.9. The van der Waals surface area contributed by atoms with Crippen molar-refractivity contribution in [1.82, 2.24) is 25.1 Å². The van der Waals surface area contributed by atoms with Crippen molar-refractivity contribution in [3.63, 3.8) is 0 Å². The number of imidazole rings is 1. The number of aromatic amines is 2. The minimum absolute atomic E-state index is 0.221. The number of H-pyrrole nitrogens is 2. The first kappa shape index (κ1) is 22.1. The zero-order valence-electron chi connectivity index (χ0n) is 19.7. The third kappa shape index (κ3) is 4.22. The standard InChI is InChI=1S/C26H26N8O2/c1-15-3-2-8-27-24(15)32-26-30-21-12-19(23(13-22(21)31-26)34-9-6-18(35)7-10-34)25(36)29-17-5-4-16-14-28-33-20(16)11-17/h2-5,8,11-14,18,35H,6-7,9-10H2,1H3,(H,28,33)(H,29,36)(H2,27,30,31,32). The maximum absolute atomic E-state index is 13.5. The van der Waals surface area contributed by atoms with Crippen molar-refractivity contribution < 1.29 is 9.90 Å². The molecule has 5 N–H and O–H groups in total. The van der Waals surface area contributed by atoms with E-state index in [1.165, 1.54) is 0 Å². The van der Waals surface area contributed by atoms with Gasteiger partial charge in [-0.3, -0.25) is 9.89 Å². The average Bonchev–Trinajstić information content (AvgIpc) is 3.51. The third-order valence-corrected chi connectivity index (χ3v) is 6.60. The summed E-state index contributed by atoms with van der Waals surface area (Å²) >= 11 is 0. The van der Waals surface area contributed by atoms with E-state index in [-0.39, 0.29) is 12.0 Å². The first-order valence-corrected chi connectivity index (χ1v) is 11.9. The molecule has 182 valence electrons. The van der Waals surface area contributed by atoms with Crippen molar-refractivity contribution in [3.05, 3.63) is 66.0 Å². The molecule has 2 aromatic carbocycles. The number of aliphatic hydroxyl groups excluding tert-OH is 1. The molecule has 0 atom stereocenters. The van der Waals surface area contributed by atoms with E-state index >= 15 is 0 Å². The van der Waals surface area contributed by atoms with Crippen molar-refractivity contribution in [2.24, 2.45) is 0 Å². The summed E-state index contributed by atoms with van der Waals surface area (Å²) in [7, 11) is 0. The minimum atomic E-state index is -0.314. The zero-order valence-corrected chi connectivity index (χ0v) is 19.7. The predicted molar refractivity (Wildman–Crippen MR) is 140 cm³/mol. The highest BCUT2D eigenvalue weighted by Gasteiger charge is 2.24. The summed E-state index contributed by atoms with van der Waals surface area (Å²) in [6, 6.07) is 13.3. The highest BCUT2D eigenvalue weighted by Crippen LogP contribution is 2.31. The van der Waals surface area contributed by atoms with Crippen molar-refractivity contribution in [2.75, 3.05) is 28.6 Å². The van der Waals surface area contributed by atoms with Gasteiger partial charge in [0, 0.05) is 30.4 Å². The predicted octanol–water partition coefficient (Wildman–Crippen LogP) is 4.10. The van der Waals surface area contributed by atoms with Gasteiger partial charge in [0.05, 0.1) is 40.1 Å². The van der Waals surface area contributed by atoms with E-state index in [4.69, 9.17) is 4.98 Å². The highest BCUT2D eigenvalue weighted by molar-refractivity contribution is 6.11. The number of carbonyl (C=O) groups is 1. The number of hydrogen-bond donors (Lipinski definition) is 5. The lowest BCUT2D eigenvalue weighted by Gasteiger charge is -2.32. The Morgan fingerprint density at radius 3 is 2.83 bits per heavy atom. The molecular weight excluding hydrogens is 456 g/mol. The number of fused-ring (bicyclic) bond motifs is 2. The number of aromatic nitrogens is 5. The molecule has 1 aliphatic rings. The van der Waals surface area contributed by atoms with Crippen LogP contribution in [0, 0.1) is 6.92 Å². The number of aryl methyl sites for hydroxylation is 1. The van der Waals surface area contributed by atoms with Crippen LogP contribution in [0.4, 0.5) is 23.1 Å². The summed E-state index contributed by atoms with van der Waals surface area (Å²) in [5, 5.41) is 24.2. The van der Waals surface area contributed by atoms with Crippen molar-refractivity contribution in [3.8, 4) is 0 Å². The molecule has 1 amide bonds. The van der Waals surface area contributed by atoms with Crippen LogP contribution in [0.3, 0.4) is 0 Å². The number of nitrogens with one attached hydrogen (secondary N) is 4. The molecule has 0 unspecified atom stereocenters. The lowest BCUT2D eigenvalue weighted by atomic mass is 10.0. The van der Waals surface area contributed by atoms with Crippen molar-refractivity contribution in [1.29, 1.82) is 0 Å². The van der Waals surface area contributed by atoms with Crippen LogP contribution in [0.2, 0.25) is 0 Å². The van der Waals surface area contributed by atoms with Gasteiger partial charge in [0.2, 0.25) is 5.95 Å². The summed E-state index contributed by atoms with van der Waals surface area (Å²) < 4.78 is 0. The molecule has 0 saturated carbocycles. The lowest BCUT2D eigenvalue weighted by Crippen LogP contribution is -2.37. The molecule has 1 saturated heterocycles. The van der Waals surface area contributed by atoms with Gasteiger partial charge in [0.25, 0.3) is 5.91 Å². The van der Waals surface area contributed by atoms with E-state index in [0.29, 0.717) is 48.9 Å². The molecule has 36 heavy (non-hydrogen) atoms. The van der Waals surface area contributed by atoms with Crippen LogP contribution in [-0.2, 0) is 0 Å². The number of piperidine rings is 1. The molecule has 0 aliphatic carbocycles. The number of benzene rings is 2. The minimum Gasteiger partial charge on any atom is -0.393 e. The molecule has 10 heteroatoms. The van der Waals surface area contributed by atoms with Crippen LogP contribution in [0.1, 0.15) is 28.8 Å². The normalized spacial score (nSPS) is 14.4. The molecule has 5 aromatic rings. The van der Waals surface area contributed by atoms with Gasteiger partial charge in [-0.05, 0) is 61.7 Å². The number of hydrogen-bond acceptors (Lipinski definition) is 7. The van der Waals surface area contributed by atoms with Gasteiger partial charge in [0.1, 0.15) is 5.82 Å². The van der Waals surface area contributed by atoms with Gasteiger partial charge in [-0.15, -0.1) is 0 Å². The Balaban J connectivity index is 1.36. The fraction of sp³-hybridized carbons (Fsp3) is 0.231. The third-order valence-electron chi connectivity index (χ3n) is 6.60. The Morgan fingerprint density at radius 2 is 2.00 bits per heavy atom. The molecule has 6 rings (SSSR count). The quantitative estimate of drug-likeness (QED) is 0.255. The maximum atomic E-state index is 13.5. The number of amides is 1. The largest absolute Gasteiger partial charge is 0.393 e. The molecule has 1 fully saturated rings. The van der Waals surface area contributed by atoms with Crippen molar-refractivity contribution >= 4 is 51.0 Å². The second-order valence-electron chi connectivity index (χ2n) is 9.11. The number of anilines is 4. The monoisotopic (exact) mass is 482 g/mol. The summed E-state index contributed by atoms with van der Waals surface area (Å²) in [5.41, 5.74) is 5.33. The van der Waals surface area contributed by atoms with E-state index in [2.05, 4.69) is 35.7 Å². The van der Waals surface area contributed by atoms with Gasteiger partial charge in [-0.25, -0.2) is 9.97 Å². The zero-order chi connectivity index (χ0) is 24.6. The Morgan fingerprint density at radius 1 is 1.14 bits per heavy atom. The Labute approximate surface area is 206 Å². The summed E-state index contributed by atoms with van der Waals surface area (Å²) in [6.45, 7) is 3.30. The molecule has 1 aliphatic heterocycles. The van der Waals surface area contributed by atoms with Crippen LogP contribution in [-0.4, -0.2) is 55.4 Å². The highest BCUT2D eigenvalue weighted by atomic mass is 16.3. The number of pyridine rings is 1. The molecule has 3 aromatic heterocycles. The van der Waals surface area contributed by atoms with Gasteiger partial charge in [-0.1, -0.05) is 6.07 Å². The maximum Gasteiger partial charge on any atom is 0.257 e. The Hall–Kier alpha value is -4.44.